The van der Waals surface area contributed by atoms with E-state index in [1.54, 1.807) is 24.3 Å². The van der Waals surface area contributed by atoms with Crippen molar-refractivity contribution in [1.82, 2.24) is 0 Å². The van der Waals surface area contributed by atoms with E-state index in [0.717, 1.165) is 4.47 Å². The Kier molecular flexibility index (Phi) is 4.85. The van der Waals surface area contributed by atoms with E-state index in [2.05, 4.69) is 15.9 Å². The van der Waals surface area contributed by atoms with Gasteiger partial charge in [-0.2, -0.15) is 0 Å². The maximum absolute atomic E-state index is 12.9. The predicted octanol–water partition coefficient (Wildman–Crippen LogP) is 5.17. The van der Waals surface area contributed by atoms with Gasteiger partial charge in [-0.25, -0.2) is 4.39 Å². The van der Waals surface area contributed by atoms with E-state index in [-0.39, 0.29) is 6.42 Å². The summed E-state index contributed by atoms with van der Waals surface area (Å²) in [5, 5.41) is 11.0. The van der Waals surface area contributed by atoms with Crippen LogP contribution in [-0.4, -0.2) is 5.11 Å². The molecule has 0 fully saturated rings. The number of rotatable bonds is 3. The molecular formula is C14H10BrCl2FO. The zero-order chi connectivity index (χ0) is 14.0. The molecule has 0 aromatic heterocycles. The van der Waals surface area contributed by atoms with Crippen molar-refractivity contribution in [3.8, 4) is 0 Å². The summed E-state index contributed by atoms with van der Waals surface area (Å²) in [6.07, 6.45) is -0.510. The Labute approximate surface area is 129 Å². The zero-order valence-electron chi connectivity index (χ0n) is 9.71. The van der Waals surface area contributed by atoms with Gasteiger partial charge in [-0.1, -0.05) is 51.3 Å². The molecule has 0 bridgehead atoms. The van der Waals surface area contributed by atoms with Gasteiger partial charge in [0.15, 0.2) is 0 Å². The molecular weight excluding hydrogens is 354 g/mol. The second-order valence-electron chi connectivity index (χ2n) is 4.12. The standard InChI is InChI=1S/C14H10BrCl2FO/c15-9-2-4-11(13(17)6-9)14(19)5-8-1-3-10(18)7-12(8)16/h1-4,6-7,14,19H,5H2. The van der Waals surface area contributed by atoms with Gasteiger partial charge in [0.25, 0.3) is 0 Å². The average molecular weight is 364 g/mol. The maximum atomic E-state index is 12.9. The topological polar surface area (TPSA) is 20.2 Å². The number of hydrogen-bond donors (Lipinski definition) is 1. The van der Waals surface area contributed by atoms with E-state index in [1.165, 1.54) is 12.1 Å². The number of aliphatic hydroxyl groups excluding tert-OH is 1. The van der Waals surface area contributed by atoms with Crippen LogP contribution in [0.3, 0.4) is 0 Å². The van der Waals surface area contributed by atoms with Crippen LogP contribution in [0.25, 0.3) is 0 Å². The first-order valence-electron chi connectivity index (χ1n) is 5.54. The molecule has 0 saturated heterocycles. The molecule has 1 N–H and O–H groups in total. The Hall–Kier alpha value is -0.610. The number of benzene rings is 2. The van der Waals surface area contributed by atoms with E-state index >= 15 is 0 Å². The molecule has 0 aliphatic carbocycles. The Morgan fingerprint density at radius 3 is 2.47 bits per heavy atom. The quantitative estimate of drug-likeness (QED) is 0.797. The predicted molar refractivity (Wildman–Crippen MR) is 79.2 cm³/mol. The van der Waals surface area contributed by atoms with Crippen molar-refractivity contribution in [2.24, 2.45) is 0 Å². The van der Waals surface area contributed by atoms with Gasteiger partial charge in [0, 0.05) is 20.9 Å². The summed E-state index contributed by atoms with van der Waals surface area (Å²) >= 11 is 15.3. The number of aliphatic hydroxyl groups is 1. The van der Waals surface area contributed by atoms with Crippen LogP contribution in [0.2, 0.25) is 10.0 Å². The lowest BCUT2D eigenvalue weighted by molar-refractivity contribution is 0.178. The van der Waals surface area contributed by atoms with Crippen LogP contribution >= 0.6 is 39.1 Å². The van der Waals surface area contributed by atoms with E-state index in [4.69, 9.17) is 23.2 Å². The highest BCUT2D eigenvalue weighted by Gasteiger charge is 2.14. The minimum Gasteiger partial charge on any atom is -0.388 e. The van der Waals surface area contributed by atoms with Gasteiger partial charge < -0.3 is 5.11 Å². The minimum absolute atomic E-state index is 0.278. The summed E-state index contributed by atoms with van der Waals surface area (Å²) in [6, 6.07) is 9.37. The van der Waals surface area contributed by atoms with Crippen LogP contribution in [0, 0.1) is 5.82 Å². The summed E-state index contributed by atoms with van der Waals surface area (Å²) in [4.78, 5) is 0. The molecule has 100 valence electrons. The van der Waals surface area contributed by atoms with Gasteiger partial charge in [-0.3, -0.25) is 0 Å². The summed E-state index contributed by atoms with van der Waals surface area (Å²) < 4.78 is 13.8. The normalized spacial score (nSPS) is 12.5. The summed E-state index contributed by atoms with van der Waals surface area (Å²) in [5.74, 6) is -0.398. The Bertz CT molecular complexity index is 604. The lowest BCUT2D eigenvalue weighted by Gasteiger charge is -2.14. The lowest BCUT2D eigenvalue weighted by Crippen LogP contribution is -2.03. The fourth-order valence-electron chi connectivity index (χ4n) is 1.78. The Morgan fingerprint density at radius 1 is 1.11 bits per heavy atom. The molecule has 1 nitrogen and oxygen atoms in total. The molecule has 5 heteroatoms. The Morgan fingerprint density at radius 2 is 1.84 bits per heavy atom. The third-order valence-corrected chi connectivity index (χ3v) is 3.92. The second kappa shape index (κ2) is 6.23. The van der Waals surface area contributed by atoms with Crippen LogP contribution in [0.4, 0.5) is 4.39 Å². The monoisotopic (exact) mass is 362 g/mol. The van der Waals surface area contributed by atoms with Crippen LogP contribution in [0.1, 0.15) is 17.2 Å². The highest BCUT2D eigenvalue weighted by molar-refractivity contribution is 9.10. The first-order chi connectivity index (χ1) is 8.97. The summed E-state index contributed by atoms with van der Waals surface area (Å²) in [5.41, 5.74) is 1.29. The molecule has 1 atom stereocenters. The van der Waals surface area contributed by atoms with Crippen LogP contribution in [0.5, 0.6) is 0 Å². The molecule has 0 aliphatic rings. The SMILES string of the molecule is OC(Cc1ccc(F)cc1Cl)c1ccc(Br)cc1Cl. The summed E-state index contributed by atoms with van der Waals surface area (Å²) in [6.45, 7) is 0. The van der Waals surface area contributed by atoms with Crippen LogP contribution in [0.15, 0.2) is 40.9 Å². The molecule has 2 aromatic carbocycles. The third-order valence-electron chi connectivity index (χ3n) is 2.75. The molecule has 1 unspecified atom stereocenters. The fourth-order valence-corrected chi connectivity index (χ4v) is 2.82. The smallest absolute Gasteiger partial charge is 0.124 e. The first kappa shape index (κ1) is 14.8. The molecule has 0 heterocycles. The van der Waals surface area contributed by atoms with E-state index in [0.29, 0.717) is 21.2 Å². The van der Waals surface area contributed by atoms with E-state index in [9.17, 15) is 9.50 Å². The van der Waals surface area contributed by atoms with Crippen molar-refractivity contribution in [2.75, 3.05) is 0 Å². The largest absolute Gasteiger partial charge is 0.388 e. The molecule has 2 rings (SSSR count). The van der Waals surface area contributed by atoms with Crippen molar-refractivity contribution in [3.05, 3.63) is 67.9 Å². The van der Waals surface area contributed by atoms with Gasteiger partial charge in [0.1, 0.15) is 5.82 Å². The van der Waals surface area contributed by atoms with Gasteiger partial charge in [0.2, 0.25) is 0 Å². The highest BCUT2D eigenvalue weighted by Crippen LogP contribution is 2.30. The Balaban J connectivity index is 2.23. The van der Waals surface area contributed by atoms with Gasteiger partial charge in [-0.15, -0.1) is 0 Å². The molecule has 0 saturated carbocycles. The molecule has 0 aliphatic heterocycles. The van der Waals surface area contributed by atoms with Crippen LogP contribution < -0.4 is 0 Å². The number of halogens is 4. The molecule has 19 heavy (non-hydrogen) atoms. The van der Waals surface area contributed by atoms with Crippen LogP contribution in [-0.2, 0) is 6.42 Å². The number of hydrogen-bond acceptors (Lipinski definition) is 1. The van der Waals surface area contributed by atoms with Crippen molar-refractivity contribution in [1.29, 1.82) is 0 Å². The molecule has 0 spiro atoms. The minimum atomic E-state index is -0.788. The third kappa shape index (κ3) is 3.69. The summed E-state index contributed by atoms with van der Waals surface area (Å²) in [7, 11) is 0. The molecule has 2 aromatic rings. The van der Waals surface area contributed by atoms with Gasteiger partial charge >= 0.3 is 0 Å². The highest BCUT2D eigenvalue weighted by atomic mass is 79.9. The fraction of sp³-hybridized carbons (Fsp3) is 0.143. The van der Waals surface area contributed by atoms with Gasteiger partial charge in [0.05, 0.1) is 6.10 Å². The average Bonchev–Trinajstić information content (AvgIpc) is 2.32. The second-order valence-corrected chi connectivity index (χ2v) is 5.85. The van der Waals surface area contributed by atoms with Crippen molar-refractivity contribution < 1.29 is 9.50 Å². The zero-order valence-corrected chi connectivity index (χ0v) is 12.8. The van der Waals surface area contributed by atoms with Gasteiger partial charge in [-0.05, 0) is 35.4 Å². The van der Waals surface area contributed by atoms with Crippen molar-refractivity contribution >= 4 is 39.1 Å². The first-order valence-corrected chi connectivity index (χ1v) is 7.09. The van der Waals surface area contributed by atoms with E-state index in [1.807, 2.05) is 0 Å². The lowest BCUT2D eigenvalue weighted by atomic mass is 10.0. The van der Waals surface area contributed by atoms with E-state index < -0.39 is 11.9 Å². The molecule has 0 amide bonds. The molecule has 0 radical (unpaired) electrons. The van der Waals surface area contributed by atoms with Crippen molar-refractivity contribution in [2.45, 2.75) is 12.5 Å². The maximum Gasteiger partial charge on any atom is 0.124 e. The van der Waals surface area contributed by atoms with Crippen molar-refractivity contribution in [3.63, 3.8) is 0 Å².